The second kappa shape index (κ2) is 7.25. The van der Waals surface area contributed by atoms with Gasteiger partial charge in [-0.1, -0.05) is 17.3 Å². The van der Waals surface area contributed by atoms with Crippen molar-refractivity contribution in [3.8, 4) is 5.75 Å². The fourth-order valence-electron chi connectivity index (χ4n) is 1.72. The lowest BCUT2D eigenvalue weighted by molar-refractivity contribution is 0.474. The Morgan fingerprint density at radius 2 is 2.11 bits per heavy atom. The van der Waals surface area contributed by atoms with Gasteiger partial charge in [-0.05, 0) is 31.5 Å². The van der Waals surface area contributed by atoms with E-state index in [0.717, 1.165) is 24.3 Å². The van der Waals surface area contributed by atoms with E-state index in [2.05, 4.69) is 28.8 Å². The largest absolute Gasteiger partial charge is 0.507 e. The summed E-state index contributed by atoms with van der Waals surface area (Å²) in [5.41, 5.74) is 9.87. The van der Waals surface area contributed by atoms with Crippen LogP contribution in [0.5, 0.6) is 5.75 Å². The molecule has 0 saturated heterocycles. The topological polar surface area (TPSA) is 72.2 Å². The molecule has 0 heterocycles. The van der Waals surface area contributed by atoms with E-state index in [-0.39, 0.29) is 12.3 Å². The molecule has 5 nitrogen and oxygen atoms in total. The van der Waals surface area contributed by atoms with Crippen LogP contribution in [0.3, 0.4) is 0 Å². The summed E-state index contributed by atoms with van der Waals surface area (Å²) in [6.45, 7) is 6.25. The fourth-order valence-corrected chi connectivity index (χ4v) is 1.72. The third kappa shape index (κ3) is 3.71. The average Bonchev–Trinajstić information content (AvgIpc) is 2.38. The van der Waals surface area contributed by atoms with Crippen LogP contribution in [0.1, 0.15) is 19.4 Å². The first-order chi connectivity index (χ1) is 8.72. The maximum Gasteiger partial charge on any atom is 0.124 e. The maximum atomic E-state index is 9.91. The first-order valence-corrected chi connectivity index (χ1v) is 5.98. The Morgan fingerprint density at radius 1 is 1.39 bits per heavy atom. The lowest BCUT2D eigenvalue weighted by Gasteiger charge is -2.21. The minimum Gasteiger partial charge on any atom is -0.507 e. The molecule has 1 aromatic carbocycles. The molecule has 5 heteroatoms. The van der Waals surface area contributed by atoms with Crippen molar-refractivity contribution in [2.24, 2.45) is 5.11 Å². The van der Waals surface area contributed by atoms with Crippen LogP contribution >= 0.6 is 0 Å². The minimum atomic E-state index is 0.233. The highest BCUT2D eigenvalue weighted by Crippen LogP contribution is 2.25. The van der Waals surface area contributed by atoms with Gasteiger partial charge in [-0.25, -0.2) is 0 Å². The van der Waals surface area contributed by atoms with Gasteiger partial charge in [-0.2, -0.15) is 0 Å². The molecular weight excluding hydrogens is 228 g/mol. The highest BCUT2D eigenvalue weighted by atomic mass is 16.3. The molecule has 18 heavy (non-hydrogen) atoms. The molecule has 0 amide bonds. The number of hydrogen-bond donors (Lipinski definition) is 1. The van der Waals surface area contributed by atoms with E-state index in [0.29, 0.717) is 0 Å². The van der Waals surface area contributed by atoms with Crippen LogP contribution in [0.4, 0.5) is 5.69 Å². The zero-order valence-electron chi connectivity index (χ0n) is 10.7. The van der Waals surface area contributed by atoms with Gasteiger partial charge in [0.15, 0.2) is 0 Å². The maximum absolute atomic E-state index is 9.91. The van der Waals surface area contributed by atoms with Gasteiger partial charge in [0.05, 0.1) is 0 Å². The predicted molar refractivity (Wildman–Crippen MR) is 74.7 cm³/mol. The number of hydrogen-bond acceptors (Lipinski definition) is 3. The molecule has 0 aliphatic heterocycles. The van der Waals surface area contributed by atoms with Gasteiger partial charge in [-0.15, -0.1) is 0 Å². The van der Waals surface area contributed by atoms with E-state index in [1.165, 1.54) is 0 Å². The Hall–Kier alpha value is -2.13. The molecule has 0 spiro atoms. The molecule has 0 fully saturated rings. The van der Waals surface area contributed by atoms with Crippen molar-refractivity contribution >= 4 is 11.8 Å². The lowest BCUT2D eigenvalue weighted by Crippen LogP contribution is -2.21. The summed E-state index contributed by atoms with van der Waals surface area (Å²) in [4.78, 5) is 4.81. The van der Waals surface area contributed by atoms with Crippen molar-refractivity contribution in [1.82, 2.24) is 0 Å². The molecule has 0 atom stereocenters. The normalized spacial score (nSPS) is 10.3. The van der Waals surface area contributed by atoms with E-state index in [1.807, 2.05) is 12.1 Å². The third-order valence-electron chi connectivity index (χ3n) is 2.69. The Kier molecular flexibility index (Phi) is 5.61. The summed E-state index contributed by atoms with van der Waals surface area (Å²) in [6.07, 6.45) is 3.46. The summed E-state index contributed by atoms with van der Waals surface area (Å²) in [5.74, 6) is 0.233. The molecular formula is C13H18N4O. The second-order valence-electron chi connectivity index (χ2n) is 3.73. The number of aromatic hydroxyl groups is 1. The van der Waals surface area contributed by atoms with E-state index < -0.39 is 0 Å². The summed E-state index contributed by atoms with van der Waals surface area (Å²) in [6, 6.07) is 5.58. The molecule has 0 aliphatic carbocycles. The fraction of sp³-hybridized carbons (Fsp3) is 0.385. The van der Waals surface area contributed by atoms with Crippen molar-refractivity contribution in [2.45, 2.75) is 13.8 Å². The van der Waals surface area contributed by atoms with E-state index >= 15 is 0 Å². The molecule has 0 aliphatic rings. The van der Waals surface area contributed by atoms with Crippen LogP contribution in [0.25, 0.3) is 16.5 Å². The molecule has 0 radical (unpaired) electrons. The number of rotatable bonds is 6. The molecule has 1 aromatic rings. The minimum absolute atomic E-state index is 0.233. The summed E-state index contributed by atoms with van der Waals surface area (Å²) in [7, 11) is 0. The highest BCUT2D eigenvalue weighted by molar-refractivity contribution is 5.63. The van der Waals surface area contributed by atoms with Crippen LogP contribution in [-0.4, -0.2) is 24.7 Å². The van der Waals surface area contributed by atoms with Crippen molar-refractivity contribution < 1.29 is 5.11 Å². The number of azide groups is 1. The zero-order valence-corrected chi connectivity index (χ0v) is 10.7. The molecule has 0 saturated carbocycles. The Labute approximate surface area is 107 Å². The lowest BCUT2D eigenvalue weighted by atomic mass is 10.1. The van der Waals surface area contributed by atoms with Crippen LogP contribution in [0, 0.1) is 0 Å². The Bertz CT molecular complexity index is 460. The van der Waals surface area contributed by atoms with Gasteiger partial charge in [-0.3, -0.25) is 0 Å². The third-order valence-corrected chi connectivity index (χ3v) is 2.69. The predicted octanol–water partition coefficient (Wildman–Crippen LogP) is 3.56. The molecule has 0 aromatic heterocycles. The Balaban J connectivity index is 2.85. The number of benzene rings is 1. The zero-order chi connectivity index (χ0) is 13.4. The number of anilines is 1. The molecule has 0 unspecified atom stereocenters. The van der Waals surface area contributed by atoms with E-state index in [4.69, 9.17) is 5.53 Å². The van der Waals surface area contributed by atoms with E-state index in [9.17, 15) is 5.11 Å². The first kappa shape index (κ1) is 13.9. The number of nitrogens with zero attached hydrogens (tertiary/aromatic N) is 4. The number of phenolic OH excluding ortho intramolecular Hbond substituents is 1. The number of phenols is 1. The van der Waals surface area contributed by atoms with Gasteiger partial charge in [0, 0.05) is 41.9 Å². The standard InChI is InChI=1S/C13H18N4O/c1-3-17(4-2)12-8-7-11(13(18)10-12)6-5-9-15-16-14/h5-8,10,18H,3-4,9H2,1-2H3. The van der Waals surface area contributed by atoms with Gasteiger partial charge >= 0.3 is 0 Å². The summed E-state index contributed by atoms with van der Waals surface area (Å²) >= 11 is 0. The van der Waals surface area contributed by atoms with E-state index in [1.54, 1.807) is 18.2 Å². The van der Waals surface area contributed by atoms with Crippen molar-refractivity contribution in [2.75, 3.05) is 24.5 Å². The van der Waals surface area contributed by atoms with Crippen molar-refractivity contribution in [3.05, 3.63) is 40.3 Å². The van der Waals surface area contributed by atoms with Gasteiger partial charge in [0.25, 0.3) is 0 Å². The van der Waals surface area contributed by atoms with Crippen LogP contribution < -0.4 is 4.90 Å². The molecule has 1 N–H and O–H groups in total. The second-order valence-corrected chi connectivity index (χ2v) is 3.73. The Morgan fingerprint density at radius 3 is 2.67 bits per heavy atom. The molecule has 0 bridgehead atoms. The van der Waals surface area contributed by atoms with Gasteiger partial charge in [0.2, 0.25) is 0 Å². The summed E-state index contributed by atoms with van der Waals surface area (Å²) in [5, 5.41) is 13.3. The SMILES string of the molecule is CCN(CC)c1ccc(C=CCN=[N+]=[N-])c(O)c1. The average molecular weight is 246 g/mol. The van der Waals surface area contributed by atoms with Crippen LogP contribution in [0.2, 0.25) is 0 Å². The molecule has 1 rings (SSSR count). The van der Waals surface area contributed by atoms with Crippen LogP contribution in [-0.2, 0) is 0 Å². The molecule has 96 valence electrons. The summed E-state index contributed by atoms with van der Waals surface area (Å²) < 4.78 is 0. The van der Waals surface area contributed by atoms with Crippen LogP contribution in [0.15, 0.2) is 29.4 Å². The van der Waals surface area contributed by atoms with Gasteiger partial charge < -0.3 is 10.0 Å². The van der Waals surface area contributed by atoms with Crippen molar-refractivity contribution in [3.63, 3.8) is 0 Å². The smallest absolute Gasteiger partial charge is 0.124 e. The van der Waals surface area contributed by atoms with Gasteiger partial charge in [0.1, 0.15) is 5.75 Å². The highest BCUT2D eigenvalue weighted by Gasteiger charge is 2.04. The van der Waals surface area contributed by atoms with Crippen molar-refractivity contribution in [1.29, 1.82) is 0 Å². The monoisotopic (exact) mass is 246 g/mol. The first-order valence-electron chi connectivity index (χ1n) is 5.98. The quantitative estimate of drug-likeness (QED) is 0.473.